The summed E-state index contributed by atoms with van der Waals surface area (Å²) in [5.74, 6) is 1.55. The monoisotopic (exact) mass is 355 g/mol. The second-order valence-electron chi connectivity index (χ2n) is 6.08. The third-order valence-corrected chi connectivity index (χ3v) is 6.83. The van der Waals surface area contributed by atoms with Gasteiger partial charge >= 0.3 is 0 Å². The Hall–Kier alpha value is -0.350. The van der Waals surface area contributed by atoms with Crippen molar-refractivity contribution in [2.75, 3.05) is 11.9 Å². The second-order valence-corrected chi connectivity index (χ2v) is 7.87. The van der Waals surface area contributed by atoms with Crippen LogP contribution >= 0.6 is 27.3 Å². The molecule has 2 atom stereocenters. The van der Waals surface area contributed by atoms with Crippen LogP contribution in [-0.2, 0) is 12.8 Å². The molecular weight excluding hydrogens is 334 g/mol. The van der Waals surface area contributed by atoms with E-state index >= 15 is 0 Å². The van der Waals surface area contributed by atoms with Crippen molar-refractivity contribution in [2.24, 2.45) is 11.8 Å². The molecular formula is C16H22BrNOS. The van der Waals surface area contributed by atoms with E-state index in [9.17, 15) is 4.79 Å². The van der Waals surface area contributed by atoms with Gasteiger partial charge in [0.2, 0.25) is 0 Å². The molecule has 2 aliphatic carbocycles. The zero-order chi connectivity index (χ0) is 13.9. The number of carbonyl (C=O) groups excluding carboxylic acids is 1. The SMILES string of the molecule is O=C(NCC1CCCC1CBr)c1cc2c(s1)CCCC2. The van der Waals surface area contributed by atoms with E-state index in [1.807, 2.05) is 0 Å². The largest absolute Gasteiger partial charge is 0.351 e. The first-order valence-electron chi connectivity index (χ1n) is 7.73. The van der Waals surface area contributed by atoms with Gasteiger partial charge in [-0.2, -0.15) is 0 Å². The maximum absolute atomic E-state index is 12.3. The summed E-state index contributed by atoms with van der Waals surface area (Å²) in [6.07, 6.45) is 8.76. The molecule has 1 amide bonds. The van der Waals surface area contributed by atoms with Gasteiger partial charge in [-0.05, 0) is 62.0 Å². The van der Waals surface area contributed by atoms with Crippen LogP contribution in [0, 0.1) is 11.8 Å². The molecule has 1 saturated carbocycles. The van der Waals surface area contributed by atoms with Gasteiger partial charge in [0.15, 0.2) is 0 Å². The lowest BCUT2D eigenvalue weighted by Gasteiger charge is -2.17. The van der Waals surface area contributed by atoms with Crippen molar-refractivity contribution in [1.29, 1.82) is 0 Å². The molecule has 1 fully saturated rings. The van der Waals surface area contributed by atoms with E-state index in [1.54, 1.807) is 11.3 Å². The van der Waals surface area contributed by atoms with Crippen molar-refractivity contribution >= 4 is 33.2 Å². The Bertz CT molecular complexity index is 461. The fourth-order valence-electron chi connectivity index (χ4n) is 3.50. The number of amides is 1. The second kappa shape index (κ2) is 6.61. The van der Waals surface area contributed by atoms with Crippen LogP contribution in [0.5, 0.6) is 0 Å². The molecule has 1 heterocycles. The number of alkyl halides is 1. The van der Waals surface area contributed by atoms with Crippen LogP contribution < -0.4 is 5.32 Å². The summed E-state index contributed by atoms with van der Waals surface area (Å²) in [4.78, 5) is 14.7. The Morgan fingerprint density at radius 3 is 2.85 bits per heavy atom. The summed E-state index contributed by atoms with van der Waals surface area (Å²) in [5, 5.41) is 4.24. The molecule has 2 nitrogen and oxygen atoms in total. The number of rotatable bonds is 4. The molecule has 2 aliphatic rings. The van der Waals surface area contributed by atoms with E-state index in [1.165, 1.54) is 49.0 Å². The highest BCUT2D eigenvalue weighted by atomic mass is 79.9. The van der Waals surface area contributed by atoms with Gasteiger partial charge in [-0.25, -0.2) is 0 Å². The maximum atomic E-state index is 12.3. The summed E-state index contributed by atoms with van der Waals surface area (Å²) in [5.41, 5.74) is 1.42. The molecule has 4 heteroatoms. The molecule has 1 aromatic heterocycles. The number of halogens is 1. The fraction of sp³-hybridized carbons (Fsp3) is 0.688. The maximum Gasteiger partial charge on any atom is 0.261 e. The highest BCUT2D eigenvalue weighted by molar-refractivity contribution is 9.09. The Balaban J connectivity index is 1.57. The van der Waals surface area contributed by atoms with Crippen molar-refractivity contribution in [1.82, 2.24) is 5.32 Å². The van der Waals surface area contributed by atoms with Crippen molar-refractivity contribution in [3.05, 3.63) is 21.4 Å². The average molecular weight is 356 g/mol. The van der Waals surface area contributed by atoms with Crippen LogP contribution in [0.25, 0.3) is 0 Å². The third kappa shape index (κ3) is 3.11. The molecule has 3 rings (SSSR count). The van der Waals surface area contributed by atoms with E-state index in [-0.39, 0.29) is 5.91 Å². The Morgan fingerprint density at radius 2 is 2.05 bits per heavy atom. The van der Waals surface area contributed by atoms with Crippen LogP contribution in [0.15, 0.2) is 6.07 Å². The van der Waals surface area contributed by atoms with Crippen LogP contribution in [0.2, 0.25) is 0 Å². The number of nitrogens with one attached hydrogen (secondary N) is 1. The van der Waals surface area contributed by atoms with Crippen LogP contribution in [0.1, 0.15) is 52.2 Å². The van der Waals surface area contributed by atoms with Crippen molar-refractivity contribution < 1.29 is 4.79 Å². The summed E-state index contributed by atoms with van der Waals surface area (Å²) >= 11 is 5.31. The quantitative estimate of drug-likeness (QED) is 0.806. The number of carbonyl (C=O) groups is 1. The highest BCUT2D eigenvalue weighted by Gasteiger charge is 2.27. The van der Waals surface area contributed by atoms with Gasteiger partial charge in [-0.15, -0.1) is 11.3 Å². The van der Waals surface area contributed by atoms with E-state index in [0.29, 0.717) is 5.92 Å². The molecule has 0 spiro atoms. The summed E-state index contributed by atoms with van der Waals surface area (Å²) < 4.78 is 0. The lowest BCUT2D eigenvalue weighted by molar-refractivity contribution is 0.0949. The average Bonchev–Trinajstić information content (AvgIpc) is 3.10. The van der Waals surface area contributed by atoms with Gasteiger partial charge in [-0.3, -0.25) is 4.79 Å². The number of hydrogen-bond acceptors (Lipinski definition) is 2. The van der Waals surface area contributed by atoms with E-state index in [0.717, 1.165) is 29.1 Å². The van der Waals surface area contributed by atoms with Crippen LogP contribution in [0.4, 0.5) is 0 Å². The van der Waals surface area contributed by atoms with E-state index in [2.05, 4.69) is 27.3 Å². The Morgan fingerprint density at radius 1 is 1.25 bits per heavy atom. The number of hydrogen-bond donors (Lipinski definition) is 1. The first kappa shape index (κ1) is 14.6. The van der Waals surface area contributed by atoms with Gasteiger partial charge in [0.1, 0.15) is 0 Å². The van der Waals surface area contributed by atoms with Gasteiger partial charge in [0.25, 0.3) is 5.91 Å². The number of fused-ring (bicyclic) bond motifs is 1. The van der Waals surface area contributed by atoms with Crippen molar-refractivity contribution in [2.45, 2.75) is 44.9 Å². The van der Waals surface area contributed by atoms with Gasteiger partial charge in [0.05, 0.1) is 4.88 Å². The fourth-order valence-corrected chi connectivity index (χ4v) is 5.52. The molecule has 1 N–H and O–H groups in total. The normalized spacial score (nSPS) is 25.4. The lowest BCUT2D eigenvalue weighted by atomic mass is 9.98. The van der Waals surface area contributed by atoms with Gasteiger partial charge in [-0.1, -0.05) is 22.4 Å². The van der Waals surface area contributed by atoms with Gasteiger partial charge in [0, 0.05) is 16.8 Å². The van der Waals surface area contributed by atoms with Crippen LogP contribution in [-0.4, -0.2) is 17.8 Å². The standard InChI is InChI=1S/C16H22BrNOS/c17-9-12-5-3-6-13(12)10-18-16(19)15-8-11-4-1-2-7-14(11)20-15/h8,12-13H,1-7,9-10H2,(H,18,19). The smallest absolute Gasteiger partial charge is 0.261 e. The van der Waals surface area contributed by atoms with Crippen molar-refractivity contribution in [3.63, 3.8) is 0 Å². The molecule has 1 aromatic rings. The van der Waals surface area contributed by atoms with E-state index in [4.69, 9.17) is 0 Å². The Labute approximate surface area is 133 Å². The first-order chi connectivity index (χ1) is 9.78. The molecule has 0 saturated heterocycles. The minimum atomic E-state index is 0.143. The molecule has 0 aromatic carbocycles. The lowest BCUT2D eigenvalue weighted by Crippen LogP contribution is -2.30. The Kier molecular flexibility index (Phi) is 4.82. The summed E-state index contributed by atoms with van der Waals surface area (Å²) in [6, 6.07) is 2.13. The van der Waals surface area contributed by atoms with Crippen LogP contribution in [0.3, 0.4) is 0 Å². The number of aryl methyl sites for hydroxylation is 2. The first-order valence-corrected chi connectivity index (χ1v) is 9.67. The van der Waals surface area contributed by atoms with E-state index < -0.39 is 0 Å². The van der Waals surface area contributed by atoms with Gasteiger partial charge < -0.3 is 5.32 Å². The minimum Gasteiger partial charge on any atom is -0.351 e. The molecule has 0 radical (unpaired) electrons. The molecule has 2 unspecified atom stereocenters. The molecule has 110 valence electrons. The molecule has 20 heavy (non-hydrogen) atoms. The molecule has 0 bridgehead atoms. The number of thiophene rings is 1. The third-order valence-electron chi connectivity index (χ3n) is 4.76. The topological polar surface area (TPSA) is 29.1 Å². The predicted molar refractivity (Wildman–Crippen MR) is 87.9 cm³/mol. The molecule has 0 aliphatic heterocycles. The zero-order valence-corrected chi connectivity index (χ0v) is 14.2. The zero-order valence-electron chi connectivity index (χ0n) is 11.8. The van der Waals surface area contributed by atoms with Crippen molar-refractivity contribution in [3.8, 4) is 0 Å². The highest BCUT2D eigenvalue weighted by Crippen LogP contribution is 2.33. The summed E-state index contributed by atoms with van der Waals surface area (Å²) in [7, 11) is 0. The minimum absolute atomic E-state index is 0.143. The summed E-state index contributed by atoms with van der Waals surface area (Å²) in [6.45, 7) is 0.845. The predicted octanol–water partition coefficient (Wildman–Crippen LogP) is 4.17.